The molecular weight excluding hydrogens is 160 g/mol. The maximum absolute atomic E-state index is 3.60. The Hall–Kier alpha value is -0.0800. The maximum Gasteiger partial charge on any atom is 0.0110 e. The van der Waals surface area contributed by atoms with Gasteiger partial charge in [-0.15, -0.1) is 0 Å². The molecule has 0 radical (unpaired) electrons. The Morgan fingerprint density at radius 1 is 1.38 bits per heavy atom. The van der Waals surface area contributed by atoms with E-state index in [2.05, 4.69) is 31.0 Å². The minimum absolute atomic E-state index is 0.758. The molecule has 1 heterocycles. The predicted octanol–water partition coefficient (Wildman–Crippen LogP) is 1.86. The lowest BCUT2D eigenvalue weighted by Gasteiger charge is -2.26. The van der Waals surface area contributed by atoms with Gasteiger partial charge in [0.1, 0.15) is 0 Å². The molecule has 0 aromatic heterocycles. The first kappa shape index (κ1) is 11.0. The van der Waals surface area contributed by atoms with E-state index in [-0.39, 0.29) is 0 Å². The fraction of sp³-hybridized carbons (Fsp3) is 1.00. The average molecular weight is 184 g/mol. The summed E-state index contributed by atoms with van der Waals surface area (Å²) < 4.78 is 0. The molecule has 1 N–H and O–H groups in total. The van der Waals surface area contributed by atoms with E-state index in [1.165, 1.54) is 38.9 Å². The van der Waals surface area contributed by atoms with E-state index in [0.29, 0.717) is 0 Å². The topological polar surface area (TPSA) is 15.3 Å². The molecule has 1 aliphatic rings. The molecule has 78 valence electrons. The van der Waals surface area contributed by atoms with Crippen LogP contribution in [0.1, 0.15) is 40.0 Å². The van der Waals surface area contributed by atoms with E-state index in [9.17, 15) is 0 Å². The second kappa shape index (κ2) is 5.61. The van der Waals surface area contributed by atoms with E-state index in [1.54, 1.807) is 0 Å². The monoisotopic (exact) mass is 184 g/mol. The molecule has 0 bridgehead atoms. The summed E-state index contributed by atoms with van der Waals surface area (Å²) in [4.78, 5) is 2.61. The number of rotatable bonds is 3. The van der Waals surface area contributed by atoms with Gasteiger partial charge in [0.15, 0.2) is 0 Å². The van der Waals surface area contributed by atoms with Crippen LogP contribution in [0, 0.1) is 0 Å². The Morgan fingerprint density at radius 3 is 2.77 bits per heavy atom. The van der Waals surface area contributed by atoms with Crippen LogP contribution in [0.25, 0.3) is 0 Å². The molecule has 0 aliphatic carbocycles. The zero-order chi connectivity index (χ0) is 9.68. The molecule has 13 heavy (non-hydrogen) atoms. The Labute approximate surface area is 82.7 Å². The normalized spacial score (nSPS) is 28.4. The van der Waals surface area contributed by atoms with Crippen LogP contribution >= 0.6 is 0 Å². The van der Waals surface area contributed by atoms with Crippen LogP contribution in [0.4, 0.5) is 0 Å². The third kappa shape index (κ3) is 3.28. The van der Waals surface area contributed by atoms with Gasteiger partial charge in [-0.2, -0.15) is 0 Å². The molecule has 1 aliphatic heterocycles. The van der Waals surface area contributed by atoms with Crippen LogP contribution in [0.3, 0.4) is 0 Å². The third-order valence-electron chi connectivity index (χ3n) is 3.30. The lowest BCUT2D eigenvalue weighted by Crippen LogP contribution is -2.35. The van der Waals surface area contributed by atoms with Crippen molar-refractivity contribution in [2.24, 2.45) is 0 Å². The van der Waals surface area contributed by atoms with Crippen molar-refractivity contribution in [2.45, 2.75) is 52.1 Å². The minimum Gasteiger partial charge on any atom is -0.313 e. The highest BCUT2D eigenvalue weighted by molar-refractivity contribution is 4.76. The minimum atomic E-state index is 0.758. The Balaban J connectivity index is 2.35. The summed E-state index contributed by atoms with van der Waals surface area (Å²) in [7, 11) is 0. The van der Waals surface area contributed by atoms with Crippen molar-refractivity contribution in [1.82, 2.24) is 10.2 Å². The van der Waals surface area contributed by atoms with Gasteiger partial charge < -0.3 is 5.32 Å². The molecule has 0 spiro atoms. The molecule has 2 nitrogen and oxygen atoms in total. The van der Waals surface area contributed by atoms with Gasteiger partial charge in [-0.3, -0.25) is 4.90 Å². The van der Waals surface area contributed by atoms with Gasteiger partial charge in [-0.1, -0.05) is 13.8 Å². The second-order valence-corrected chi connectivity index (χ2v) is 4.14. The molecule has 1 fully saturated rings. The molecular formula is C11H24N2. The van der Waals surface area contributed by atoms with Crippen LogP contribution in [0.15, 0.2) is 0 Å². The molecule has 2 unspecified atom stereocenters. The van der Waals surface area contributed by atoms with E-state index in [1.807, 2.05) is 0 Å². The molecule has 1 saturated heterocycles. The zero-order valence-electron chi connectivity index (χ0n) is 9.34. The van der Waals surface area contributed by atoms with Gasteiger partial charge in [-0.25, -0.2) is 0 Å². The predicted molar refractivity (Wildman–Crippen MR) is 58.0 cm³/mol. The SMILES string of the molecule is CCC1CCN(C(C)CC)CCN1. The Morgan fingerprint density at radius 2 is 2.15 bits per heavy atom. The number of nitrogens with zero attached hydrogens (tertiary/aromatic N) is 1. The smallest absolute Gasteiger partial charge is 0.0110 e. The zero-order valence-corrected chi connectivity index (χ0v) is 9.34. The standard InChI is InChI=1S/C11H24N2/c1-4-10(3)13-8-6-11(5-2)12-7-9-13/h10-12H,4-9H2,1-3H3. The number of nitrogens with one attached hydrogen (secondary N) is 1. The van der Waals surface area contributed by atoms with Crippen LogP contribution in [0.5, 0.6) is 0 Å². The van der Waals surface area contributed by atoms with Gasteiger partial charge in [0.05, 0.1) is 0 Å². The first-order valence-electron chi connectivity index (χ1n) is 5.75. The summed E-state index contributed by atoms with van der Waals surface area (Å²) in [6.07, 6.45) is 3.87. The van der Waals surface area contributed by atoms with Crippen molar-refractivity contribution in [1.29, 1.82) is 0 Å². The Kier molecular flexibility index (Phi) is 4.74. The third-order valence-corrected chi connectivity index (χ3v) is 3.30. The lowest BCUT2D eigenvalue weighted by molar-refractivity contribution is 0.216. The van der Waals surface area contributed by atoms with Gasteiger partial charge in [-0.05, 0) is 32.7 Å². The summed E-state index contributed by atoms with van der Waals surface area (Å²) in [6, 6.07) is 1.52. The van der Waals surface area contributed by atoms with E-state index in [0.717, 1.165) is 12.1 Å². The van der Waals surface area contributed by atoms with Crippen molar-refractivity contribution in [3.8, 4) is 0 Å². The first-order valence-corrected chi connectivity index (χ1v) is 5.75. The van der Waals surface area contributed by atoms with Crippen molar-refractivity contribution in [3.63, 3.8) is 0 Å². The summed E-state index contributed by atoms with van der Waals surface area (Å²) >= 11 is 0. The summed E-state index contributed by atoms with van der Waals surface area (Å²) in [5.41, 5.74) is 0. The quantitative estimate of drug-likeness (QED) is 0.720. The molecule has 2 heteroatoms. The molecule has 0 aromatic rings. The number of hydrogen-bond donors (Lipinski definition) is 1. The highest BCUT2D eigenvalue weighted by Crippen LogP contribution is 2.09. The summed E-state index contributed by atoms with van der Waals surface area (Å²) in [5, 5.41) is 3.60. The average Bonchev–Trinajstić information content (AvgIpc) is 2.41. The van der Waals surface area contributed by atoms with E-state index >= 15 is 0 Å². The van der Waals surface area contributed by atoms with Crippen LogP contribution in [-0.4, -0.2) is 36.6 Å². The summed E-state index contributed by atoms with van der Waals surface area (Å²) in [6.45, 7) is 10.6. The van der Waals surface area contributed by atoms with Gasteiger partial charge >= 0.3 is 0 Å². The molecule has 0 saturated carbocycles. The van der Waals surface area contributed by atoms with Crippen LogP contribution < -0.4 is 5.32 Å². The Bertz CT molecular complexity index is 136. The molecule has 2 atom stereocenters. The van der Waals surface area contributed by atoms with Crippen LogP contribution in [0.2, 0.25) is 0 Å². The molecule has 0 aromatic carbocycles. The largest absolute Gasteiger partial charge is 0.313 e. The molecule has 1 rings (SSSR count). The van der Waals surface area contributed by atoms with Crippen molar-refractivity contribution in [2.75, 3.05) is 19.6 Å². The lowest BCUT2D eigenvalue weighted by atomic mass is 10.1. The second-order valence-electron chi connectivity index (χ2n) is 4.14. The first-order chi connectivity index (χ1) is 6.27. The maximum atomic E-state index is 3.60. The van der Waals surface area contributed by atoms with Gasteiger partial charge in [0.25, 0.3) is 0 Å². The fourth-order valence-corrected chi connectivity index (χ4v) is 2.00. The highest BCUT2D eigenvalue weighted by Gasteiger charge is 2.17. The van der Waals surface area contributed by atoms with Gasteiger partial charge in [0, 0.05) is 25.2 Å². The highest BCUT2D eigenvalue weighted by atomic mass is 15.2. The van der Waals surface area contributed by atoms with Crippen molar-refractivity contribution in [3.05, 3.63) is 0 Å². The van der Waals surface area contributed by atoms with Crippen molar-refractivity contribution >= 4 is 0 Å². The van der Waals surface area contributed by atoms with Crippen LogP contribution in [-0.2, 0) is 0 Å². The van der Waals surface area contributed by atoms with Crippen molar-refractivity contribution < 1.29 is 0 Å². The van der Waals surface area contributed by atoms with E-state index in [4.69, 9.17) is 0 Å². The molecule has 0 amide bonds. The fourth-order valence-electron chi connectivity index (χ4n) is 2.00. The number of hydrogen-bond acceptors (Lipinski definition) is 2. The van der Waals surface area contributed by atoms with Gasteiger partial charge in [0.2, 0.25) is 0 Å². The summed E-state index contributed by atoms with van der Waals surface area (Å²) in [5.74, 6) is 0. The van der Waals surface area contributed by atoms with E-state index < -0.39 is 0 Å².